The molecule has 1 aromatic rings. The van der Waals surface area contributed by atoms with Crippen molar-refractivity contribution in [1.29, 1.82) is 0 Å². The van der Waals surface area contributed by atoms with Gasteiger partial charge in [0, 0.05) is 5.56 Å². The molecule has 0 aliphatic rings. The van der Waals surface area contributed by atoms with Gasteiger partial charge >= 0.3 is 0 Å². The number of carbonyl (C=O) groups excluding carboxylic acids is 1. The molecule has 0 saturated heterocycles. The van der Waals surface area contributed by atoms with Crippen LogP contribution < -0.4 is 4.74 Å². The Morgan fingerprint density at radius 3 is 2.62 bits per heavy atom. The van der Waals surface area contributed by atoms with Gasteiger partial charge in [0.2, 0.25) is 0 Å². The Bertz CT molecular complexity index is 361. The van der Waals surface area contributed by atoms with Crippen LogP contribution >= 0.6 is 0 Å². The first-order chi connectivity index (χ1) is 7.58. The van der Waals surface area contributed by atoms with Crippen molar-refractivity contribution in [3.63, 3.8) is 0 Å². The van der Waals surface area contributed by atoms with Crippen LogP contribution in [0.3, 0.4) is 0 Å². The predicted molar refractivity (Wildman–Crippen MR) is 61.4 cm³/mol. The van der Waals surface area contributed by atoms with E-state index in [-0.39, 0.29) is 6.29 Å². The van der Waals surface area contributed by atoms with Crippen LogP contribution in [-0.4, -0.2) is 13.4 Å². The predicted octanol–water partition coefficient (Wildman–Crippen LogP) is 3.10. The summed E-state index contributed by atoms with van der Waals surface area (Å²) in [6.45, 7) is 4.19. The van der Waals surface area contributed by atoms with Gasteiger partial charge in [0.1, 0.15) is 5.75 Å². The van der Waals surface area contributed by atoms with Crippen molar-refractivity contribution in [3.8, 4) is 5.75 Å². The van der Waals surface area contributed by atoms with Crippen molar-refractivity contribution in [2.45, 2.75) is 26.4 Å². The molecule has 0 spiro atoms. The Hall–Kier alpha value is -1.38. The highest BCUT2D eigenvalue weighted by Gasteiger charge is 2.15. The van der Waals surface area contributed by atoms with Crippen molar-refractivity contribution in [1.82, 2.24) is 0 Å². The van der Waals surface area contributed by atoms with Crippen molar-refractivity contribution >= 4 is 6.29 Å². The minimum atomic E-state index is -1.61. The molecule has 2 nitrogen and oxygen atoms in total. The van der Waals surface area contributed by atoms with E-state index in [0.29, 0.717) is 17.2 Å². The molecule has 0 heterocycles. The molecular formula is C13H17FO2. The molecule has 1 rings (SSSR count). The number of carbonyl (C=O) groups is 1. The fourth-order valence-electron chi connectivity index (χ4n) is 1.67. The zero-order valence-electron chi connectivity index (χ0n) is 9.87. The fourth-order valence-corrected chi connectivity index (χ4v) is 1.67. The van der Waals surface area contributed by atoms with Gasteiger partial charge < -0.3 is 4.74 Å². The number of rotatable bonds is 5. The maximum Gasteiger partial charge on any atom is 0.184 e. The van der Waals surface area contributed by atoms with Crippen LogP contribution in [0.4, 0.5) is 4.39 Å². The standard InChI is InChI=1S/C13H17FO2/c1-9(2)6-10-4-5-13(16-3)11(7-10)12(14)8-15/h4-5,7-9,12H,6H2,1-3H3. The maximum atomic E-state index is 13.4. The van der Waals surface area contributed by atoms with Gasteiger partial charge in [0.05, 0.1) is 7.11 Å². The zero-order valence-corrected chi connectivity index (χ0v) is 9.87. The summed E-state index contributed by atoms with van der Waals surface area (Å²) in [6, 6.07) is 5.32. The first kappa shape index (κ1) is 12.7. The van der Waals surface area contributed by atoms with E-state index in [0.717, 1.165) is 12.0 Å². The van der Waals surface area contributed by atoms with E-state index in [2.05, 4.69) is 13.8 Å². The van der Waals surface area contributed by atoms with Crippen molar-refractivity contribution in [2.24, 2.45) is 5.92 Å². The molecule has 1 unspecified atom stereocenters. The second-order valence-corrected chi connectivity index (χ2v) is 4.21. The van der Waals surface area contributed by atoms with E-state index in [1.807, 2.05) is 6.07 Å². The Labute approximate surface area is 95.4 Å². The van der Waals surface area contributed by atoms with E-state index in [1.165, 1.54) is 7.11 Å². The molecule has 1 aromatic carbocycles. The van der Waals surface area contributed by atoms with Crippen LogP contribution in [0.2, 0.25) is 0 Å². The lowest BCUT2D eigenvalue weighted by Gasteiger charge is -2.12. The van der Waals surface area contributed by atoms with E-state index < -0.39 is 6.17 Å². The minimum absolute atomic E-state index is 0.289. The lowest BCUT2D eigenvalue weighted by atomic mass is 9.99. The second kappa shape index (κ2) is 5.64. The summed E-state index contributed by atoms with van der Waals surface area (Å²) in [4.78, 5) is 10.5. The Morgan fingerprint density at radius 2 is 2.12 bits per heavy atom. The molecule has 0 N–H and O–H groups in total. The molecule has 3 heteroatoms. The quantitative estimate of drug-likeness (QED) is 0.718. The number of aldehydes is 1. The molecule has 0 amide bonds. The lowest BCUT2D eigenvalue weighted by molar-refractivity contribution is -0.112. The van der Waals surface area contributed by atoms with Crippen LogP contribution in [-0.2, 0) is 11.2 Å². The monoisotopic (exact) mass is 224 g/mol. The Morgan fingerprint density at radius 1 is 1.44 bits per heavy atom. The van der Waals surface area contributed by atoms with E-state index in [9.17, 15) is 9.18 Å². The molecule has 1 atom stereocenters. The third kappa shape index (κ3) is 3.05. The van der Waals surface area contributed by atoms with Crippen LogP contribution in [0.15, 0.2) is 18.2 Å². The maximum absolute atomic E-state index is 13.4. The molecule has 0 bridgehead atoms. The summed E-state index contributed by atoms with van der Waals surface area (Å²) in [5, 5.41) is 0. The van der Waals surface area contributed by atoms with E-state index in [1.54, 1.807) is 12.1 Å². The van der Waals surface area contributed by atoms with E-state index in [4.69, 9.17) is 4.74 Å². The van der Waals surface area contributed by atoms with Gasteiger partial charge in [-0.15, -0.1) is 0 Å². The van der Waals surface area contributed by atoms with Gasteiger partial charge in [-0.25, -0.2) is 4.39 Å². The molecule has 16 heavy (non-hydrogen) atoms. The van der Waals surface area contributed by atoms with Crippen LogP contribution in [0.5, 0.6) is 5.75 Å². The second-order valence-electron chi connectivity index (χ2n) is 4.21. The normalized spacial score (nSPS) is 12.6. The zero-order chi connectivity index (χ0) is 12.1. The number of benzene rings is 1. The number of hydrogen-bond donors (Lipinski definition) is 0. The molecule has 0 aromatic heterocycles. The average molecular weight is 224 g/mol. The number of ether oxygens (including phenoxy) is 1. The van der Waals surface area contributed by atoms with E-state index >= 15 is 0 Å². The third-order valence-corrected chi connectivity index (χ3v) is 2.35. The highest BCUT2D eigenvalue weighted by atomic mass is 19.1. The highest BCUT2D eigenvalue weighted by Crippen LogP contribution is 2.28. The summed E-state index contributed by atoms with van der Waals surface area (Å²) in [6.07, 6.45) is -0.457. The molecule has 88 valence electrons. The number of halogens is 1. The SMILES string of the molecule is COc1ccc(CC(C)C)cc1C(F)C=O. The number of hydrogen-bond acceptors (Lipinski definition) is 2. The van der Waals surface area contributed by atoms with Gasteiger partial charge in [0.25, 0.3) is 0 Å². The first-order valence-electron chi connectivity index (χ1n) is 5.34. The highest BCUT2D eigenvalue weighted by molar-refractivity contribution is 5.62. The minimum Gasteiger partial charge on any atom is -0.496 e. The average Bonchev–Trinajstić information content (AvgIpc) is 2.27. The molecule has 0 aliphatic heterocycles. The van der Waals surface area contributed by atoms with Crippen LogP contribution in [0, 0.1) is 5.92 Å². The summed E-state index contributed by atoms with van der Waals surface area (Å²) in [5.74, 6) is 0.919. The number of methoxy groups -OCH3 is 1. The molecule has 0 saturated carbocycles. The van der Waals surface area contributed by atoms with Crippen LogP contribution in [0.25, 0.3) is 0 Å². The number of alkyl halides is 1. The lowest BCUT2D eigenvalue weighted by Crippen LogP contribution is -2.01. The molecular weight excluding hydrogens is 207 g/mol. The van der Waals surface area contributed by atoms with Gasteiger partial charge in [-0.3, -0.25) is 4.79 Å². The summed E-state index contributed by atoms with van der Waals surface area (Å²) < 4.78 is 18.4. The summed E-state index contributed by atoms with van der Waals surface area (Å²) >= 11 is 0. The fraction of sp³-hybridized carbons (Fsp3) is 0.462. The van der Waals surface area contributed by atoms with Gasteiger partial charge in [0.15, 0.2) is 12.5 Å². The van der Waals surface area contributed by atoms with Crippen molar-refractivity contribution in [2.75, 3.05) is 7.11 Å². The Balaban J connectivity index is 3.05. The third-order valence-electron chi connectivity index (χ3n) is 2.35. The van der Waals surface area contributed by atoms with Crippen LogP contribution in [0.1, 0.15) is 31.1 Å². The topological polar surface area (TPSA) is 26.3 Å². The van der Waals surface area contributed by atoms with Crippen molar-refractivity contribution in [3.05, 3.63) is 29.3 Å². The van der Waals surface area contributed by atoms with Gasteiger partial charge in [-0.05, 0) is 30.0 Å². The largest absolute Gasteiger partial charge is 0.496 e. The summed E-state index contributed by atoms with van der Waals surface area (Å²) in [7, 11) is 1.47. The van der Waals surface area contributed by atoms with Crippen molar-refractivity contribution < 1.29 is 13.9 Å². The Kier molecular flexibility index (Phi) is 4.47. The molecule has 0 aliphatic carbocycles. The molecule has 0 radical (unpaired) electrons. The smallest absolute Gasteiger partial charge is 0.184 e. The molecule has 0 fully saturated rings. The van der Waals surface area contributed by atoms with Gasteiger partial charge in [-0.1, -0.05) is 19.9 Å². The van der Waals surface area contributed by atoms with Gasteiger partial charge in [-0.2, -0.15) is 0 Å². The first-order valence-corrected chi connectivity index (χ1v) is 5.34. The summed E-state index contributed by atoms with van der Waals surface area (Å²) in [5.41, 5.74) is 1.34.